The van der Waals surface area contributed by atoms with Crippen molar-refractivity contribution >= 4 is 21.4 Å². The molecule has 1 aliphatic heterocycles. The normalized spacial score (nSPS) is 19.0. The average Bonchev–Trinajstić information content (AvgIpc) is 3.14. The Labute approximate surface area is 144 Å². The molecule has 7 heteroatoms. The van der Waals surface area contributed by atoms with Crippen LogP contribution in [0.5, 0.6) is 0 Å². The topological polar surface area (TPSA) is 45.5 Å². The first-order valence-electron chi connectivity index (χ1n) is 8.32. The lowest BCUT2D eigenvalue weighted by Crippen LogP contribution is -2.41. The summed E-state index contributed by atoms with van der Waals surface area (Å²) < 4.78 is 14.8. The van der Waals surface area contributed by atoms with E-state index in [2.05, 4.69) is 27.2 Å². The van der Waals surface area contributed by atoms with E-state index in [-0.39, 0.29) is 5.82 Å². The van der Waals surface area contributed by atoms with Gasteiger partial charge in [-0.05, 0) is 50.2 Å². The third-order valence-corrected chi connectivity index (χ3v) is 5.32. The fourth-order valence-corrected chi connectivity index (χ4v) is 4.01. The Kier molecular flexibility index (Phi) is 4.20. The van der Waals surface area contributed by atoms with Gasteiger partial charge in [0.1, 0.15) is 5.82 Å². The summed E-state index contributed by atoms with van der Waals surface area (Å²) in [5.41, 5.74) is 1.71. The number of piperidine rings is 1. The van der Waals surface area contributed by atoms with E-state index in [1.807, 2.05) is 6.20 Å². The molecule has 4 rings (SSSR count). The smallest absolute Gasteiger partial charge is 0.214 e. The van der Waals surface area contributed by atoms with Gasteiger partial charge in [-0.1, -0.05) is 18.3 Å². The molecule has 126 valence electrons. The molecule has 0 amide bonds. The lowest BCUT2D eigenvalue weighted by molar-refractivity contribution is 0.227. The first-order chi connectivity index (χ1) is 11.7. The van der Waals surface area contributed by atoms with Crippen LogP contribution in [0.15, 0.2) is 30.5 Å². The summed E-state index contributed by atoms with van der Waals surface area (Å²) in [4.78, 5) is 7.92. The fraction of sp³-hybridized carbons (Fsp3) is 0.412. The summed E-state index contributed by atoms with van der Waals surface area (Å²) in [6, 6.07) is 6.83. The van der Waals surface area contributed by atoms with Crippen LogP contribution in [0.4, 0.5) is 9.52 Å². The van der Waals surface area contributed by atoms with Crippen LogP contribution < -0.4 is 5.32 Å². The monoisotopic (exact) mass is 345 g/mol. The quantitative estimate of drug-likeness (QED) is 0.786. The Morgan fingerprint density at radius 2 is 2.17 bits per heavy atom. The van der Waals surface area contributed by atoms with E-state index in [1.54, 1.807) is 28.0 Å². The Morgan fingerprint density at radius 3 is 2.92 bits per heavy atom. The van der Waals surface area contributed by atoms with Gasteiger partial charge < -0.3 is 10.2 Å². The second-order valence-corrected chi connectivity index (χ2v) is 7.10. The van der Waals surface area contributed by atoms with Gasteiger partial charge in [-0.2, -0.15) is 0 Å². The van der Waals surface area contributed by atoms with Crippen molar-refractivity contribution in [3.8, 4) is 11.3 Å². The number of nitrogens with one attached hydrogen (secondary N) is 1. The zero-order valence-corrected chi connectivity index (χ0v) is 14.4. The molecule has 0 unspecified atom stereocenters. The Hall–Kier alpha value is -1.99. The van der Waals surface area contributed by atoms with Crippen LogP contribution in [0.1, 0.15) is 19.8 Å². The van der Waals surface area contributed by atoms with Crippen molar-refractivity contribution < 1.29 is 4.39 Å². The van der Waals surface area contributed by atoms with Crippen LogP contribution in [0.25, 0.3) is 16.2 Å². The van der Waals surface area contributed by atoms with Crippen LogP contribution in [0.2, 0.25) is 0 Å². The fourth-order valence-electron chi connectivity index (χ4n) is 3.15. The minimum Gasteiger partial charge on any atom is -0.356 e. The van der Waals surface area contributed by atoms with Gasteiger partial charge in [0, 0.05) is 18.2 Å². The van der Waals surface area contributed by atoms with E-state index in [4.69, 9.17) is 0 Å². The first-order valence-corrected chi connectivity index (χ1v) is 9.14. The number of hydrogen-bond acceptors (Lipinski definition) is 5. The van der Waals surface area contributed by atoms with Gasteiger partial charge in [-0.15, -0.1) is 5.10 Å². The number of anilines is 1. The number of hydrogen-bond donors (Lipinski definition) is 1. The van der Waals surface area contributed by atoms with Crippen molar-refractivity contribution in [1.82, 2.24) is 19.5 Å². The van der Waals surface area contributed by atoms with Gasteiger partial charge in [0.2, 0.25) is 10.1 Å². The van der Waals surface area contributed by atoms with Gasteiger partial charge in [0.25, 0.3) is 0 Å². The summed E-state index contributed by atoms with van der Waals surface area (Å²) in [6.45, 7) is 5.56. The van der Waals surface area contributed by atoms with Crippen LogP contribution in [-0.2, 0) is 0 Å². The molecule has 3 heterocycles. The number of benzene rings is 1. The largest absolute Gasteiger partial charge is 0.356 e. The molecular formula is C17H20FN5S. The zero-order chi connectivity index (χ0) is 16.5. The van der Waals surface area contributed by atoms with E-state index in [0.717, 1.165) is 34.4 Å². The molecule has 1 fully saturated rings. The van der Waals surface area contributed by atoms with Crippen molar-refractivity contribution in [2.24, 2.45) is 0 Å². The Bertz CT molecular complexity index is 794. The summed E-state index contributed by atoms with van der Waals surface area (Å²) in [6.07, 6.45) is 4.30. The lowest BCUT2D eigenvalue weighted by Gasteiger charge is -2.31. The van der Waals surface area contributed by atoms with Crippen LogP contribution in [-0.4, -0.2) is 45.2 Å². The van der Waals surface area contributed by atoms with E-state index in [0.29, 0.717) is 6.04 Å². The molecule has 0 saturated carbocycles. The van der Waals surface area contributed by atoms with Crippen LogP contribution in [0, 0.1) is 5.82 Å². The first kappa shape index (κ1) is 15.5. The number of likely N-dealkylation sites (tertiary alicyclic amines) is 1. The lowest BCUT2D eigenvalue weighted by atomic mass is 10.1. The van der Waals surface area contributed by atoms with Gasteiger partial charge in [-0.25, -0.2) is 13.9 Å². The maximum atomic E-state index is 13.0. The maximum Gasteiger partial charge on any atom is 0.214 e. The molecule has 0 spiro atoms. The third kappa shape index (κ3) is 3.14. The molecule has 1 aromatic carbocycles. The van der Waals surface area contributed by atoms with Crippen molar-refractivity contribution in [2.45, 2.75) is 25.8 Å². The van der Waals surface area contributed by atoms with Crippen molar-refractivity contribution in [1.29, 1.82) is 0 Å². The third-order valence-electron chi connectivity index (χ3n) is 4.46. The SMILES string of the molecule is CCN1CCC[C@H](Nc2nn3cc(-c4ccc(F)cc4)nc3s2)C1. The predicted molar refractivity (Wildman–Crippen MR) is 95.0 cm³/mol. The zero-order valence-electron chi connectivity index (χ0n) is 13.6. The highest BCUT2D eigenvalue weighted by molar-refractivity contribution is 7.20. The maximum absolute atomic E-state index is 13.0. The second-order valence-electron chi connectivity index (χ2n) is 6.14. The number of likely N-dealkylation sites (N-methyl/N-ethyl adjacent to an activating group) is 1. The molecule has 5 nitrogen and oxygen atoms in total. The summed E-state index contributed by atoms with van der Waals surface area (Å²) in [7, 11) is 0. The number of aromatic nitrogens is 3. The molecule has 0 radical (unpaired) electrons. The van der Waals surface area contributed by atoms with Crippen molar-refractivity contribution in [3.63, 3.8) is 0 Å². The molecule has 1 saturated heterocycles. The highest BCUT2D eigenvalue weighted by atomic mass is 32.1. The molecule has 1 aliphatic rings. The number of rotatable bonds is 4. The molecule has 0 bridgehead atoms. The molecule has 2 aromatic heterocycles. The molecule has 3 aromatic rings. The average molecular weight is 345 g/mol. The van der Waals surface area contributed by atoms with Crippen molar-refractivity contribution in [2.75, 3.05) is 25.0 Å². The van der Waals surface area contributed by atoms with E-state index >= 15 is 0 Å². The van der Waals surface area contributed by atoms with E-state index in [1.165, 1.54) is 31.5 Å². The summed E-state index contributed by atoms with van der Waals surface area (Å²) in [5.74, 6) is -0.238. The summed E-state index contributed by atoms with van der Waals surface area (Å²) in [5, 5.41) is 9.04. The highest BCUT2D eigenvalue weighted by Crippen LogP contribution is 2.26. The number of nitrogens with zero attached hydrogens (tertiary/aromatic N) is 4. The van der Waals surface area contributed by atoms with E-state index < -0.39 is 0 Å². The van der Waals surface area contributed by atoms with Gasteiger partial charge in [0.05, 0.1) is 11.9 Å². The minimum atomic E-state index is -0.238. The van der Waals surface area contributed by atoms with Crippen molar-refractivity contribution in [3.05, 3.63) is 36.3 Å². The predicted octanol–water partition coefficient (Wildman–Crippen LogP) is 3.49. The Morgan fingerprint density at radius 1 is 1.33 bits per heavy atom. The Balaban J connectivity index is 1.50. The minimum absolute atomic E-state index is 0.238. The van der Waals surface area contributed by atoms with E-state index in [9.17, 15) is 4.39 Å². The molecular weight excluding hydrogens is 325 g/mol. The van der Waals surface area contributed by atoms with Gasteiger partial charge in [0.15, 0.2) is 0 Å². The number of imidazole rings is 1. The number of fused-ring (bicyclic) bond motifs is 1. The van der Waals surface area contributed by atoms with Crippen LogP contribution >= 0.6 is 11.3 Å². The summed E-state index contributed by atoms with van der Waals surface area (Å²) >= 11 is 1.56. The standard InChI is InChI=1S/C17H20FN5S/c1-2-22-9-3-4-14(10-22)19-16-21-23-11-15(20-17(23)24-16)12-5-7-13(18)8-6-12/h5-8,11,14H,2-4,9-10H2,1H3,(H,19,21)/t14-/m0/s1. The van der Waals surface area contributed by atoms with Crippen LogP contribution in [0.3, 0.4) is 0 Å². The van der Waals surface area contributed by atoms with Gasteiger partial charge in [-0.3, -0.25) is 0 Å². The highest BCUT2D eigenvalue weighted by Gasteiger charge is 2.20. The second kappa shape index (κ2) is 6.49. The molecule has 0 aliphatic carbocycles. The number of halogens is 1. The molecule has 1 N–H and O–H groups in total. The molecule has 24 heavy (non-hydrogen) atoms. The van der Waals surface area contributed by atoms with Gasteiger partial charge >= 0.3 is 0 Å². The molecule has 1 atom stereocenters.